The van der Waals surface area contributed by atoms with E-state index in [2.05, 4.69) is 85.0 Å². The second kappa shape index (κ2) is 15.9. The van der Waals surface area contributed by atoms with E-state index in [1.165, 1.54) is 6.42 Å². The monoisotopic (exact) mass is 490 g/mol. The quantitative estimate of drug-likeness (QED) is 0.174. The third-order valence-corrected chi connectivity index (χ3v) is 8.54. The number of esters is 1. The van der Waals surface area contributed by atoms with Crippen molar-refractivity contribution in [3.05, 3.63) is 0 Å². The fourth-order valence-electron chi connectivity index (χ4n) is 4.58. The van der Waals surface area contributed by atoms with Crippen LogP contribution < -0.4 is 5.32 Å². The molecule has 0 aromatic carbocycles. The molecule has 0 rings (SSSR count). The van der Waals surface area contributed by atoms with Gasteiger partial charge in [0.15, 0.2) is 0 Å². The maximum Gasteiger partial charge on any atom is 0.307 e. The smallest absolute Gasteiger partial charge is 0.307 e. The number of hydrogen-bond acceptors (Lipinski definition) is 6. The molecule has 0 aliphatic rings. The van der Waals surface area contributed by atoms with Crippen molar-refractivity contribution in [2.45, 2.75) is 104 Å². The highest BCUT2D eigenvalue weighted by Crippen LogP contribution is 2.26. The summed E-state index contributed by atoms with van der Waals surface area (Å²) in [5, 5.41) is 3.79. The summed E-state index contributed by atoms with van der Waals surface area (Å²) in [5.41, 5.74) is 0.205. The van der Waals surface area contributed by atoms with Gasteiger partial charge in [-0.05, 0) is 77.3 Å². The normalized spacial score (nSPS) is 14.1. The van der Waals surface area contributed by atoms with E-state index in [9.17, 15) is 4.79 Å². The van der Waals surface area contributed by atoms with E-state index >= 15 is 0 Å². The van der Waals surface area contributed by atoms with Crippen LogP contribution in [0.4, 0.5) is 0 Å². The SMILES string of the molecule is CSC(CCOC(=O)CCN(CC(C)C)C(C)(C)CC(C)CNC(C)(C)CC(C)C)SC. The Morgan fingerprint density at radius 1 is 0.969 bits per heavy atom. The summed E-state index contributed by atoms with van der Waals surface area (Å²) >= 11 is 3.64. The average Bonchev–Trinajstić information content (AvgIpc) is 2.65. The van der Waals surface area contributed by atoms with Gasteiger partial charge in [-0.15, -0.1) is 0 Å². The van der Waals surface area contributed by atoms with Crippen LogP contribution in [0.3, 0.4) is 0 Å². The molecule has 0 saturated heterocycles. The minimum absolute atomic E-state index is 0.0383. The zero-order chi connectivity index (χ0) is 24.9. The standard InChI is InChI=1S/C26H54N2O2S2/c1-20(2)16-25(6,7)27-18-22(5)17-26(8,9)28(19-21(3)4)14-12-23(29)30-15-13-24(31-10)32-11/h20-22,24,27H,12-19H2,1-11H3. The molecule has 0 aliphatic heterocycles. The molecule has 0 radical (unpaired) electrons. The highest BCUT2D eigenvalue weighted by molar-refractivity contribution is 8.16. The van der Waals surface area contributed by atoms with Crippen LogP contribution in [0.1, 0.15) is 88.0 Å². The van der Waals surface area contributed by atoms with E-state index < -0.39 is 0 Å². The number of ether oxygens (including phenoxy) is 1. The highest BCUT2D eigenvalue weighted by atomic mass is 32.2. The highest BCUT2D eigenvalue weighted by Gasteiger charge is 2.30. The molecule has 1 N–H and O–H groups in total. The van der Waals surface area contributed by atoms with Crippen LogP contribution in [0.25, 0.3) is 0 Å². The van der Waals surface area contributed by atoms with Gasteiger partial charge in [-0.2, -0.15) is 23.5 Å². The minimum Gasteiger partial charge on any atom is -0.466 e. The van der Waals surface area contributed by atoms with Crippen molar-refractivity contribution in [1.29, 1.82) is 0 Å². The number of rotatable bonds is 18. The molecule has 0 heterocycles. The zero-order valence-corrected chi connectivity index (χ0v) is 24.7. The number of nitrogens with zero attached hydrogens (tertiary/aromatic N) is 1. The number of hydrogen-bond donors (Lipinski definition) is 1. The molecule has 32 heavy (non-hydrogen) atoms. The average molecular weight is 491 g/mol. The Labute approximate surface area is 209 Å². The van der Waals surface area contributed by atoms with Crippen molar-refractivity contribution >= 4 is 29.5 Å². The lowest BCUT2D eigenvalue weighted by molar-refractivity contribution is -0.144. The van der Waals surface area contributed by atoms with E-state index in [0.717, 1.165) is 32.5 Å². The van der Waals surface area contributed by atoms with Gasteiger partial charge in [0, 0.05) is 30.6 Å². The van der Waals surface area contributed by atoms with Gasteiger partial charge >= 0.3 is 5.97 Å². The summed E-state index contributed by atoms with van der Waals surface area (Å²) in [6, 6.07) is 0. The molecule has 192 valence electrons. The number of carbonyl (C=O) groups excluding carboxylic acids is 1. The molecule has 0 amide bonds. The first-order valence-corrected chi connectivity index (χ1v) is 15.0. The van der Waals surface area contributed by atoms with Gasteiger partial charge in [-0.25, -0.2) is 0 Å². The second-order valence-electron chi connectivity index (χ2n) is 11.5. The molecule has 0 bridgehead atoms. The molecule has 0 aliphatic carbocycles. The predicted molar refractivity (Wildman–Crippen MR) is 147 cm³/mol. The first-order chi connectivity index (χ1) is 14.7. The summed E-state index contributed by atoms with van der Waals surface area (Å²) in [6.45, 7) is 24.0. The van der Waals surface area contributed by atoms with Crippen LogP contribution in [0.15, 0.2) is 0 Å². The molecule has 1 unspecified atom stereocenters. The molecule has 0 spiro atoms. The number of thioether (sulfide) groups is 2. The molecular formula is C26H54N2O2S2. The maximum absolute atomic E-state index is 12.4. The molecule has 4 nitrogen and oxygen atoms in total. The lowest BCUT2D eigenvalue weighted by atomic mass is 9.87. The predicted octanol–water partition coefficient (Wildman–Crippen LogP) is 6.54. The van der Waals surface area contributed by atoms with Crippen LogP contribution in [-0.2, 0) is 9.53 Å². The Balaban J connectivity index is 4.75. The van der Waals surface area contributed by atoms with Gasteiger partial charge < -0.3 is 10.1 Å². The molecule has 1 atom stereocenters. The molecule has 0 fully saturated rings. The second-order valence-corrected chi connectivity index (χ2v) is 13.9. The van der Waals surface area contributed by atoms with E-state index in [0.29, 0.717) is 35.4 Å². The van der Waals surface area contributed by atoms with Crippen LogP contribution in [0, 0.1) is 17.8 Å². The van der Waals surface area contributed by atoms with Gasteiger partial charge in [0.25, 0.3) is 0 Å². The Kier molecular flexibility index (Phi) is 15.9. The molecular weight excluding hydrogens is 436 g/mol. The van der Waals surface area contributed by atoms with E-state index in [1.54, 1.807) is 0 Å². The van der Waals surface area contributed by atoms with Crippen LogP contribution in [-0.4, -0.2) is 65.3 Å². The van der Waals surface area contributed by atoms with Crippen LogP contribution in [0.5, 0.6) is 0 Å². The Morgan fingerprint density at radius 3 is 2.06 bits per heavy atom. The minimum atomic E-state index is -0.0688. The first kappa shape index (κ1) is 32.1. The topological polar surface area (TPSA) is 41.6 Å². The van der Waals surface area contributed by atoms with Crippen molar-refractivity contribution in [1.82, 2.24) is 10.2 Å². The fraction of sp³-hybridized carbons (Fsp3) is 0.962. The van der Waals surface area contributed by atoms with Crippen LogP contribution in [0.2, 0.25) is 0 Å². The van der Waals surface area contributed by atoms with Crippen molar-refractivity contribution in [2.24, 2.45) is 17.8 Å². The summed E-state index contributed by atoms with van der Waals surface area (Å²) < 4.78 is 6.03. The number of nitrogens with one attached hydrogen (secondary N) is 1. The first-order valence-electron chi connectivity index (χ1n) is 12.4. The van der Waals surface area contributed by atoms with Crippen molar-refractivity contribution in [3.63, 3.8) is 0 Å². The molecule has 6 heteroatoms. The maximum atomic E-state index is 12.4. The largest absolute Gasteiger partial charge is 0.466 e. The third kappa shape index (κ3) is 15.1. The van der Waals surface area contributed by atoms with Gasteiger partial charge in [-0.1, -0.05) is 34.6 Å². The lowest BCUT2D eigenvalue weighted by Gasteiger charge is -2.42. The summed E-state index contributed by atoms with van der Waals surface area (Å²) in [4.78, 5) is 14.9. The molecule has 0 aromatic heterocycles. The Morgan fingerprint density at radius 2 is 1.56 bits per heavy atom. The molecule has 0 aromatic rings. The summed E-state index contributed by atoms with van der Waals surface area (Å²) in [7, 11) is 0. The van der Waals surface area contributed by atoms with Crippen molar-refractivity contribution < 1.29 is 9.53 Å². The fourth-order valence-corrected chi connectivity index (χ4v) is 6.01. The Bertz CT molecular complexity index is 506. The Hall–Kier alpha value is 0.0900. The van der Waals surface area contributed by atoms with Gasteiger partial charge in [0.05, 0.1) is 17.6 Å². The van der Waals surface area contributed by atoms with Gasteiger partial charge in [0.1, 0.15) is 0 Å². The van der Waals surface area contributed by atoms with Crippen molar-refractivity contribution in [3.8, 4) is 0 Å². The summed E-state index contributed by atoms with van der Waals surface area (Å²) in [6.07, 6.45) is 7.87. The summed E-state index contributed by atoms with van der Waals surface area (Å²) in [5.74, 6) is 1.75. The molecule has 0 saturated carbocycles. The lowest BCUT2D eigenvalue weighted by Crippen LogP contribution is -2.49. The van der Waals surface area contributed by atoms with Crippen molar-refractivity contribution in [2.75, 3.05) is 38.8 Å². The van der Waals surface area contributed by atoms with Gasteiger partial charge in [-0.3, -0.25) is 9.69 Å². The van der Waals surface area contributed by atoms with Gasteiger partial charge in [0.2, 0.25) is 0 Å². The van der Waals surface area contributed by atoms with E-state index in [-0.39, 0.29) is 17.0 Å². The third-order valence-electron chi connectivity index (χ3n) is 5.87. The van der Waals surface area contributed by atoms with Crippen LogP contribution >= 0.6 is 23.5 Å². The number of carbonyl (C=O) groups is 1. The van der Waals surface area contributed by atoms with E-state index in [1.807, 2.05) is 23.5 Å². The zero-order valence-electron chi connectivity index (χ0n) is 23.0. The van der Waals surface area contributed by atoms with E-state index in [4.69, 9.17) is 4.74 Å².